The molecule has 0 radical (unpaired) electrons. The van der Waals surface area contributed by atoms with E-state index >= 15 is 0 Å². The minimum atomic E-state index is -0.451. The van der Waals surface area contributed by atoms with Gasteiger partial charge in [0.2, 0.25) is 5.91 Å². The van der Waals surface area contributed by atoms with Gasteiger partial charge in [-0.1, -0.05) is 40.2 Å². The Kier molecular flexibility index (Phi) is 4.49. The van der Waals surface area contributed by atoms with E-state index in [4.69, 9.17) is 0 Å². The number of benzene rings is 2. The first-order chi connectivity index (χ1) is 12.6. The summed E-state index contributed by atoms with van der Waals surface area (Å²) in [6.45, 7) is 0. The molecule has 4 rings (SSSR count). The number of ketones is 1. The second kappa shape index (κ2) is 6.80. The Hall–Kier alpha value is -2.27. The molecule has 1 amide bonds. The summed E-state index contributed by atoms with van der Waals surface area (Å²) in [5.41, 5.74) is 2.50. The van der Waals surface area contributed by atoms with E-state index in [9.17, 15) is 14.0 Å². The molecular formula is C21H17BrFNO2. The van der Waals surface area contributed by atoms with Crippen LogP contribution in [0.2, 0.25) is 0 Å². The highest BCUT2D eigenvalue weighted by Crippen LogP contribution is 2.43. The molecule has 26 heavy (non-hydrogen) atoms. The third-order valence-corrected chi connectivity index (χ3v) is 5.57. The number of hydrogen-bond acceptors (Lipinski definition) is 2. The maximum absolute atomic E-state index is 14.4. The molecule has 1 aliphatic carbocycles. The number of carbonyl (C=O) groups is 2. The second-order valence-electron chi connectivity index (χ2n) is 6.63. The molecule has 2 aromatic carbocycles. The van der Waals surface area contributed by atoms with E-state index in [1.54, 1.807) is 18.2 Å². The van der Waals surface area contributed by atoms with E-state index in [2.05, 4.69) is 15.9 Å². The van der Waals surface area contributed by atoms with Crippen molar-refractivity contribution >= 4 is 33.3 Å². The molecule has 1 unspecified atom stereocenters. The highest BCUT2D eigenvalue weighted by molar-refractivity contribution is 9.10. The van der Waals surface area contributed by atoms with Gasteiger partial charge in [-0.15, -0.1) is 0 Å². The molecule has 0 fully saturated rings. The van der Waals surface area contributed by atoms with Crippen molar-refractivity contribution in [3.8, 4) is 0 Å². The Morgan fingerprint density at radius 1 is 1.00 bits per heavy atom. The molecule has 3 nitrogen and oxygen atoms in total. The SMILES string of the molecule is O=C1CCCC2=C1C(c1ccc(Br)cc1)CC(=O)N2c1ccccc1F. The van der Waals surface area contributed by atoms with Gasteiger partial charge in [-0.3, -0.25) is 14.5 Å². The molecule has 5 heteroatoms. The Morgan fingerprint density at radius 3 is 2.46 bits per heavy atom. The predicted octanol–water partition coefficient (Wildman–Crippen LogP) is 5.12. The van der Waals surface area contributed by atoms with Crippen LogP contribution in [0.3, 0.4) is 0 Å². The highest BCUT2D eigenvalue weighted by atomic mass is 79.9. The van der Waals surface area contributed by atoms with Gasteiger partial charge in [0.05, 0.1) is 5.69 Å². The van der Waals surface area contributed by atoms with Crippen LogP contribution in [0.15, 0.2) is 64.3 Å². The lowest BCUT2D eigenvalue weighted by Crippen LogP contribution is -2.41. The molecule has 0 bridgehead atoms. The number of anilines is 1. The normalized spacial score (nSPS) is 20.4. The van der Waals surface area contributed by atoms with Crippen LogP contribution in [0.5, 0.6) is 0 Å². The van der Waals surface area contributed by atoms with Gasteiger partial charge in [0.25, 0.3) is 0 Å². The van der Waals surface area contributed by atoms with Crippen LogP contribution in [-0.2, 0) is 9.59 Å². The molecule has 2 aliphatic rings. The van der Waals surface area contributed by atoms with Crippen molar-refractivity contribution in [2.45, 2.75) is 31.6 Å². The second-order valence-corrected chi connectivity index (χ2v) is 7.54. The monoisotopic (exact) mass is 413 g/mol. The average molecular weight is 414 g/mol. The first kappa shape index (κ1) is 17.2. The maximum atomic E-state index is 14.4. The molecule has 0 N–H and O–H groups in total. The van der Waals surface area contributed by atoms with Crippen molar-refractivity contribution in [3.63, 3.8) is 0 Å². The van der Waals surface area contributed by atoms with E-state index in [1.807, 2.05) is 24.3 Å². The summed E-state index contributed by atoms with van der Waals surface area (Å²) < 4.78 is 15.3. The summed E-state index contributed by atoms with van der Waals surface area (Å²) in [4.78, 5) is 27.1. The number of amides is 1. The zero-order valence-corrected chi connectivity index (χ0v) is 15.6. The van der Waals surface area contributed by atoms with E-state index in [0.29, 0.717) is 30.5 Å². The number of nitrogens with zero attached hydrogens (tertiary/aromatic N) is 1. The van der Waals surface area contributed by atoms with Crippen LogP contribution in [0, 0.1) is 5.82 Å². The lowest BCUT2D eigenvalue weighted by molar-refractivity contribution is -0.120. The van der Waals surface area contributed by atoms with Gasteiger partial charge in [0.15, 0.2) is 5.78 Å². The van der Waals surface area contributed by atoms with Gasteiger partial charge in [0.1, 0.15) is 5.82 Å². The molecule has 0 aromatic heterocycles. The quantitative estimate of drug-likeness (QED) is 0.685. The molecule has 0 spiro atoms. The molecule has 1 atom stereocenters. The first-order valence-corrected chi connectivity index (χ1v) is 9.45. The standard InChI is InChI=1S/C21H17BrFNO2/c22-14-10-8-13(9-11-14)15-12-20(26)24(17-5-2-1-4-16(17)23)18-6-3-7-19(25)21(15)18/h1-2,4-5,8-11,15H,3,6-7,12H2. The van der Waals surface area contributed by atoms with Gasteiger partial charge in [-0.05, 0) is 42.7 Å². The zero-order valence-electron chi connectivity index (χ0n) is 14.0. The van der Waals surface area contributed by atoms with Gasteiger partial charge < -0.3 is 0 Å². The van der Waals surface area contributed by atoms with Crippen molar-refractivity contribution in [1.29, 1.82) is 0 Å². The third kappa shape index (κ3) is 2.90. The molecule has 132 valence electrons. The Morgan fingerprint density at radius 2 is 1.73 bits per heavy atom. The highest BCUT2D eigenvalue weighted by Gasteiger charge is 2.40. The topological polar surface area (TPSA) is 37.4 Å². The van der Waals surface area contributed by atoms with E-state index in [0.717, 1.165) is 10.0 Å². The molecule has 1 aliphatic heterocycles. The summed E-state index contributed by atoms with van der Waals surface area (Å²) in [6.07, 6.45) is 1.93. The predicted molar refractivity (Wildman–Crippen MR) is 101 cm³/mol. The van der Waals surface area contributed by atoms with Crippen LogP contribution in [-0.4, -0.2) is 11.7 Å². The molecule has 0 saturated heterocycles. The van der Waals surface area contributed by atoms with E-state index < -0.39 is 5.82 Å². The van der Waals surface area contributed by atoms with Crippen molar-refractivity contribution in [2.24, 2.45) is 0 Å². The van der Waals surface area contributed by atoms with Gasteiger partial charge in [-0.2, -0.15) is 0 Å². The van der Waals surface area contributed by atoms with Crippen LogP contribution in [0.25, 0.3) is 0 Å². The fraction of sp³-hybridized carbons (Fsp3) is 0.238. The van der Waals surface area contributed by atoms with E-state index in [1.165, 1.54) is 11.0 Å². The minimum Gasteiger partial charge on any atom is -0.294 e. The zero-order chi connectivity index (χ0) is 18.3. The number of allylic oxidation sites excluding steroid dienone is 2. The minimum absolute atomic E-state index is 0.0630. The van der Waals surface area contributed by atoms with Gasteiger partial charge in [-0.25, -0.2) is 4.39 Å². The molecule has 1 heterocycles. The van der Waals surface area contributed by atoms with Crippen LogP contribution in [0.4, 0.5) is 10.1 Å². The lowest BCUT2D eigenvalue weighted by atomic mass is 9.77. The molecule has 2 aromatic rings. The Balaban J connectivity index is 1.87. The summed E-state index contributed by atoms with van der Waals surface area (Å²) in [7, 11) is 0. The average Bonchev–Trinajstić information content (AvgIpc) is 2.63. The smallest absolute Gasteiger partial charge is 0.232 e. The summed E-state index contributed by atoms with van der Waals surface area (Å²) in [6, 6.07) is 13.9. The number of para-hydroxylation sites is 1. The molecular weight excluding hydrogens is 397 g/mol. The Bertz CT molecular complexity index is 920. The largest absolute Gasteiger partial charge is 0.294 e. The van der Waals surface area contributed by atoms with Crippen molar-refractivity contribution in [1.82, 2.24) is 0 Å². The van der Waals surface area contributed by atoms with Gasteiger partial charge >= 0.3 is 0 Å². The number of carbonyl (C=O) groups excluding carboxylic acids is 2. The first-order valence-electron chi connectivity index (χ1n) is 8.65. The van der Waals surface area contributed by atoms with Crippen LogP contribution >= 0.6 is 15.9 Å². The van der Waals surface area contributed by atoms with E-state index in [-0.39, 0.29) is 29.7 Å². The third-order valence-electron chi connectivity index (χ3n) is 5.04. The maximum Gasteiger partial charge on any atom is 0.232 e. The van der Waals surface area contributed by atoms with Crippen LogP contribution in [0.1, 0.15) is 37.2 Å². The van der Waals surface area contributed by atoms with Crippen molar-refractivity contribution < 1.29 is 14.0 Å². The van der Waals surface area contributed by atoms with Crippen molar-refractivity contribution in [3.05, 3.63) is 75.7 Å². The summed E-state index contributed by atoms with van der Waals surface area (Å²) in [5.74, 6) is -0.821. The van der Waals surface area contributed by atoms with Gasteiger partial charge in [0, 0.05) is 34.5 Å². The summed E-state index contributed by atoms with van der Waals surface area (Å²) in [5, 5.41) is 0. The Labute approximate surface area is 159 Å². The fourth-order valence-corrected chi connectivity index (χ4v) is 4.15. The lowest BCUT2D eigenvalue weighted by Gasteiger charge is -2.38. The molecule has 0 saturated carbocycles. The number of hydrogen-bond donors (Lipinski definition) is 0. The fourth-order valence-electron chi connectivity index (χ4n) is 3.89. The number of Topliss-reactive ketones (excluding diaryl/α,β-unsaturated/α-hetero) is 1. The summed E-state index contributed by atoms with van der Waals surface area (Å²) >= 11 is 3.41. The van der Waals surface area contributed by atoms with Crippen molar-refractivity contribution in [2.75, 3.05) is 4.90 Å². The van der Waals surface area contributed by atoms with Crippen LogP contribution < -0.4 is 4.90 Å². The number of halogens is 2. The number of rotatable bonds is 2.